The SMILES string of the molecule is CC(C)(CN)NC(=O)C1CSCCS1. The summed E-state index contributed by atoms with van der Waals surface area (Å²) < 4.78 is 0. The Morgan fingerprint density at radius 2 is 2.29 bits per heavy atom. The van der Waals surface area contributed by atoms with Crippen molar-refractivity contribution in [3.63, 3.8) is 0 Å². The van der Waals surface area contributed by atoms with Gasteiger partial charge in [-0.25, -0.2) is 0 Å². The minimum Gasteiger partial charge on any atom is -0.349 e. The number of nitrogens with one attached hydrogen (secondary N) is 1. The molecule has 1 atom stereocenters. The van der Waals surface area contributed by atoms with E-state index in [0.717, 1.165) is 17.3 Å². The lowest BCUT2D eigenvalue weighted by Gasteiger charge is -2.28. The largest absolute Gasteiger partial charge is 0.349 e. The summed E-state index contributed by atoms with van der Waals surface area (Å²) in [4.78, 5) is 11.8. The fourth-order valence-electron chi connectivity index (χ4n) is 1.10. The van der Waals surface area contributed by atoms with Gasteiger partial charge in [-0.05, 0) is 13.8 Å². The fraction of sp³-hybridized carbons (Fsp3) is 0.889. The minimum atomic E-state index is -0.278. The normalized spacial score (nSPS) is 23.2. The quantitative estimate of drug-likeness (QED) is 0.754. The summed E-state index contributed by atoms with van der Waals surface area (Å²) in [6.07, 6.45) is 0. The molecule has 0 aromatic carbocycles. The molecule has 1 heterocycles. The van der Waals surface area contributed by atoms with Gasteiger partial charge in [0, 0.05) is 29.3 Å². The molecule has 0 saturated carbocycles. The van der Waals surface area contributed by atoms with Crippen molar-refractivity contribution in [2.45, 2.75) is 24.6 Å². The number of carbonyl (C=O) groups excluding carboxylic acids is 1. The van der Waals surface area contributed by atoms with E-state index in [2.05, 4.69) is 5.32 Å². The molecular formula is C9H18N2OS2. The molecule has 0 radical (unpaired) electrons. The maximum atomic E-state index is 11.8. The highest BCUT2D eigenvalue weighted by Crippen LogP contribution is 2.24. The van der Waals surface area contributed by atoms with Crippen LogP contribution in [0.25, 0.3) is 0 Å². The zero-order chi connectivity index (χ0) is 10.6. The first kappa shape index (κ1) is 12.2. The van der Waals surface area contributed by atoms with Gasteiger partial charge in [-0.2, -0.15) is 11.8 Å². The molecule has 0 aromatic heterocycles. The molecule has 5 heteroatoms. The third-order valence-corrected chi connectivity index (χ3v) is 4.83. The third kappa shape index (κ3) is 3.71. The van der Waals surface area contributed by atoms with E-state index in [9.17, 15) is 4.79 Å². The highest BCUT2D eigenvalue weighted by atomic mass is 32.2. The predicted octanol–water partition coefficient (Wildman–Crippen LogP) is 0.689. The number of hydrogen-bond donors (Lipinski definition) is 2. The van der Waals surface area contributed by atoms with Crippen molar-refractivity contribution >= 4 is 29.4 Å². The molecule has 0 spiro atoms. The van der Waals surface area contributed by atoms with Gasteiger partial charge in [0.2, 0.25) is 5.91 Å². The lowest BCUT2D eigenvalue weighted by atomic mass is 10.1. The summed E-state index contributed by atoms with van der Waals surface area (Å²) in [5, 5.41) is 3.09. The molecule has 1 aliphatic rings. The first-order valence-electron chi connectivity index (χ1n) is 4.76. The smallest absolute Gasteiger partial charge is 0.234 e. The molecule has 0 bridgehead atoms. The number of thioether (sulfide) groups is 2. The molecule has 3 N–H and O–H groups in total. The predicted molar refractivity (Wildman–Crippen MR) is 64.8 cm³/mol. The molecular weight excluding hydrogens is 216 g/mol. The van der Waals surface area contributed by atoms with Crippen LogP contribution < -0.4 is 11.1 Å². The second-order valence-electron chi connectivity index (χ2n) is 4.01. The highest BCUT2D eigenvalue weighted by molar-refractivity contribution is 8.07. The van der Waals surface area contributed by atoms with Crippen LogP contribution in [0.4, 0.5) is 0 Å². The van der Waals surface area contributed by atoms with Gasteiger partial charge in [-0.3, -0.25) is 4.79 Å². The Hall–Kier alpha value is 0.130. The Bertz CT molecular complexity index is 203. The van der Waals surface area contributed by atoms with Crippen LogP contribution in [0, 0.1) is 0 Å². The van der Waals surface area contributed by atoms with Gasteiger partial charge < -0.3 is 11.1 Å². The lowest BCUT2D eigenvalue weighted by molar-refractivity contribution is -0.121. The summed E-state index contributed by atoms with van der Waals surface area (Å²) in [6, 6.07) is 0. The van der Waals surface area contributed by atoms with Crippen molar-refractivity contribution in [3.8, 4) is 0 Å². The Balaban J connectivity index is 2.40. The van der Waals surface area contributed by atoms with E-state index in [0.29, 0.717) is 6.54 Å². The molecule has 0 aromatic rings. The van der Waals surface area contributed by atoms with Gasteiger partial charge in [0.05, 0.1) is 5.25 Å². The Labute approximate surface area is 94.0 Å². The van der Waals surface area contributed by atoms with Crippen LogP contribution in [-0.4, -0.2) is 40.5 Å². The lowest BCUT2D eigenvalue weighted by Crippen LogP contribution is -2.52. The molecule has 3 nitrogen and oxygen atoms in total. The Kier molecular flexibility index (Phi) is 4.60. The summed E-state index contributed by atoms with van der Waals surface area (Å²) in [7, 11) is 0. The Morgan fingerprint density at radius 1 is 1.57 bits per heavy atom. The van der Waals surface area contributed by atoms with Crippen LogP contribution in [0.2, 0.25) is 0 Å². The van der Waals surface area contributed by atoms with E-state index in [1.807, 2.05) is 25.6 Å². The van der Waals surface area contributed by atoms with Crippen LogP contribution in [0.3, 0.4) is 0 Å². The van der Waals surface area contributed by atoms with E-state index in [-0.39, 0.29) is 16.7 Å². The van der Waals surface area contributed by atoms with E-state index < -0.39 is 0 Å². The highest BCUT2D eigenvalue weighted by Gasteiger charge is 2.26. The van der Waals surface area contributed by atoms with Gasteiger partial charge >= 0.3 is 0 Å². The van der Waals surface area contributed by atoms with Crippen molar-refractivity contribution in [1.82, 2.24) is 5.32 Å². The molecule has 1 rings (SSSR count). The van der Waals surface area contributed by atoms with Gasteiger partial charge in [0.1, 0.15) is 0 Å². The summed E-state index contributed by atoms with van der Waals surface area (Å²) >= 11 is 3.60. The molecule has 1 fully saturated rings. The van der Waals surface area contributed by atoms with Gasteiger partial charge in [0.25, 0.3) is 0 Å². The number of nitrogens with two attached hydrogens (primary N) is 1. The first-order valence-corrected chi connectivity index (χ1v) is 6.97. The van der Waals surface area contributed by atoms with Crippen LogP contribution in [-0.2, 0) is 4.79 Å². The first-order chi connectivity index (χ1) is 6.55. The zero-order valence-electron chi connectivity index (χ0n) is 8.71. The second kappa shape index (κ2) is 5.28. The average molecular weight is 234 g/mol. The van der Waals surface area contributed by atoms with Crippen molar-refractivity contribution in [2.75, 3.05) is 23.8 Å². The maximum Gasteiger partial charge on any atom is 0.234 e. The zero-order valence-corrected chi connectivity index (χ0v) is 10.3. The van der Waals surface area contributed by atoms with Crippen LogP contribution in [0.5, 0.6) is 0 Å². The van der Waals surface area contributed by atoms with Crippen LogP contribution >= 0.6 is 23.5 Å². The molecule has 14 heavy (non-hydrogen) atoms. The number of carbonyl (C=O) groups is 1. The van der Waals surface area contributed by atoms with Gasteiger partial charge in [-0.15, -0.1) is 11.8 Å². The Morgan fingerprint density at radius 3 is 2.79 bits per heavy atom. The van der Waals surface area contributed by atoms with Crippen molar-refractivity contribution < 1.29 is 4.79 Å². The second-order valence-corrected chi connectivity index (χ2v) is 6.47. The summed E-state index contributed by atoms with van der Waals surface area (Å²) in [5.74, 6) is 3.30. The topological polar surface area (TPSA) is 55.1 Å². The average Bonchev–Trinajstić information content (AvgIpc) is 2.19. The summed E-state index contributed by atoms with van der Waals surface area (Å²) in [6.45, 7) is 4.38. The van der Waals surface area contributed by atoms with Crippen molar-refractivity contribution in [1.29, 1.82) is 0 Å². The standard InChI is InChI=1S/C9H18N2OS2/c1-9(2,6-10)11-8(12)7-5-13-3-4-14-7/h7H,3-6,10H2,1-2H3,(H,11,12). The number of amides is 1. The van der Waals surface area contributed by atoms with Gasteiger partial charge in [-0.1, -0.05) is 0 Å². The van der Waals surface area contributed by atoms with E-state index in [1.165, 1.54) is 0 Å². The monoisotopic (exact) mass is 234 g/mol. The van der Waals surface area contributed by atoms with Gasteiger partial charge in [0.15, 0.2) is 0 Å². The van der Waals surface area contributed by atoms with Crippen LogP contribution in [0.15, 0.2) is 0 Å². The summed E-state index contributed by atoms with van der Waals surface area (Å²) in [5.41, 5.74) is 5.28. The van der Waals surface area contributed by atoms with Crippen molar-refractivity contribution in [2.24, 2.45) is 5.73 Å². The third-order valence-electron chi connectivity index (χ3n) is 2.08. The molecule has 1 aliphatic heterocycles. The molecule has 0 aliphatic carbocycles. The minimum absolute atomic E-state index is 0.111. The number of rotatable bonds is 3. The fourth-order valence-corrected chi connectivity index (χ4v) is 3.66. The van der Waals surface area contributed by atoms with E-state index >= 15 is 0 Å². The maximum absolute atomic E-state index is 11.8. The molecule has 1 amide bonds. The van der Waals surface area contributed by atoms with Crippen LogP contribution in [0.1, 0.15) is 13.8 Å². The molecule has 1 unspecified atom stereocenters. The van der Waals surface area contributed by atoms with E-state index in [4.69, 9.17) is 5.73 Å². The van der Waals surface area contributed by atoms with Crippen molar-refractivity contribution in [3.05, 3.63) is 0 Å². The number of hydrogen-bond acceptors (Lipinski definition) is 4. The van der Waals surface area contributed by atoms with E-state index in [1.54, 1.807) is 11.8 Å². The molecule has 1 saturated heterocycles. The molecule has 82 valence electrons.